The third-order valence-electron chi connectivity index (χ3n) is 2.64. The molecule has 0 aliphatic carbocycles. The van der Waals surface area contributed by atoms with Gasteiger partial charge in [-0.05, 0) is 19.0 Å². The van der Waals surface area contributed by atoms with Gasteiger partial charge in [0.1, 0.15) is 0 Å². The van der Waals surface area contributed by atoms with Gasteiger partial charge in [0.15, 0.2) is 5.13 Å². The number of anilines is 1. The van der Waals surface area contributed by atoms with Crippen LogP contribution in [0.5, 0.6) is 0 Å². The molecule has 82 valence electrons. The molecule has 4 heteroatoms. The molecule has 1 aromatic heterocycles. The Morgan fingerprint density at radius 3 is 3.00 bits per heavy atom. The quantitative estimate of drug-likeness (QED) is 0.781. The molecule has 0 amide bonds. The Morgan fingerprint density at radius 2 is 2.33 bits per heavy atom. The lowest BCUT2D eigenvalue weighted by Gasteiger charge is -2.13. The second kappa shape index (κ2) is 4.66. The van der Waals surface area contributed by atoms with Gasteiger partial charge in [-0.2, -0.15) is 0 Å². The summed E-state index contributed by atoms with van der Waals surface area (Å²) in [6, 6.07) is 0. The summed E-state index contributed by atoms with van der Waals surface area (Å²) in [5.74, 6) is 0. The second-order valence-electron chi connectivity index (χ2n) is 3.91. The number of rotatable bonds is 4. The first-order valence-electron chi connectivity index (χ1n) is 5.32. The summed E-state index contributed by atoms with van der Waals surface area (Å²) in [6.07, 6.45) is 4.44. The van der Waals surface area contributed by atoms with Gasteiger partial charge in [0.25, 0.3) is 0 Å². The van der Waals surface area contributed by atoms with Gasteiger partial charge in [-0.15, -0.1) is 11.3 Å². The lowest BCUT2D eigenvalue weighted by Crippen LogP contribution is -2.17. The van der Waals surface area contributed by atoms with Crippen LogP contribution in [0.25, 0.3) is 0 Å². The molecule has 0 unspecified atom stereocenters. The van der Waals surface area contributed by atoms with E-state index < -0.39 is 0 Å². The summed E-state index contributed by atoms with van der Waals surface area (Å²) in [4.78, 5) is 9.06. The predicted molar refractivity (Wildman–Crippen MR) is 65.2 cm³/mol. The van der Waals surface area contributed by atoms with Crippen LogP contribution in [0.4, 0.5) is 5.13 Å². The van der Waals surface area contributed by atoms with Crippen LogP contribution in [-0.2, 0) is 6.54 Å². The molecule has 0 radical (unpaired) electrons. The van der Waals surface area contributed by atoms with Crippen LogP contribution >= 0.6 is 11.3 Å². The first-order valence-corrected chi connectivity index (χ1v) is 6.19. The fraction of sp³-hybridized carbons (Fsp3) is 0.545. The molecule has 1 aliphatic heterocycles. The molecule has 2 rings (SSSR count). The van der Waals surface area contributed by atoms with Crippen LogP contribution in [0.15, 0.2) is 18.2 Å². The maximum absolute atomic E-state index is 4.64. The molecular formula is C11H17N3S. The number of nitrogens with zero attached hydrogens (tertiary/aromatic N) is 3. The molecule has 0 aromatic carbocycles. The number of aromatic nitrogens is 1. The van der Waals surface area contributed by atoms with Crippen molar-refractivity contribution in [2.24, 2.45) is 0 Å². The lowest BCUT2D eigenvalue weighted by molar-refractivity contribution is 0.447. The van der Waals surface area contributed by atoms with Gasteiger partial charge in [0, 0.05) is 25.5 Å². The van der Waals surface area contributed by atoms with Crippen molar-refractivity contribution in [2.45, 2.75) is 19.4 Å². The molecule has 0 saturated carbocycles. The van der Waals surface area contributed by atoms with Crippen LogP contribution in [0.1, 0.15) is 18.5 Å². The standard InChI is InChI=1S/C11H17N3S/c1-3-13(2)8-10-9-15-11(12-10)14-6-4-5-7-14/h3,9H,1,4-8H2,2H3. The summed E-state index contributed by atoms with van der Waals surface area (Å²) >= 11 is 1.75. The smallest absolute Gasteiger partial charge is 0.185 e. The van der Waals surface area contributed by atoms with E-state index in [0.717, 1.165) is 12.2 Å². The Labute approximate surface area is 95.0 Å². The largest absolute Gasteiger partial charge is 0.375 e. The van der Waals surface area contributed by atoms with Crippen molar-refractivity contribution in [2.75, 3.05) is 25.0 Å². The summed E-state index contributed by atoms with van der Waals surface area (Å²) in [6.45, 7) is 6.93. The molecule has 3 nitrogen and oxygen atoms in total. The number of hydrogen-bond donors (Lipinski definition) is 0. The van der Waals surface area contributed by atoms with E-state index in [0.29, 0.717) is 0 Å². The SMILES string of the molecule is C=CN(C)Cc1csc(N2CCCC2)n1. The fourth-order valence-corrected chi connectivity index (χ4v) is 2.61. The third-order valence-corrected chi connectivity index (χ3v) is 3.59. The summed E-state index contributed by atoms with van der Waals surface area (Å²) in [5, 5.41) is 3.33. The van der Waals surface area contributed by atoms with Gasteiger partial charge in [0.05, 0.1) is 12.2 Å². The van der Waals surface area contributed by atoms with Crippen molar-refractivity contribution in [1.29, 1.82) is 0 Å². The first-order chi connectivity index (χ1) is 7.29. The minimum absolute atomic E-state index is 0.855. The van der Waals surface area contributed by atoms with Crippen molar-refractivity contribution in [3.63, 3.8) is 0 Å². The van der Waals surface area contributed by atoms with Crippen LogP contribution in [-0.4, -0.2) is 30.0 Å². The molecule has 15 heavy (non-hydrogen) atoms. The van der Waals surface area contributed by atoms with Crippen molar-refractivity contribution in [3.05, 3.63) is 23.9 Å². The number of thiazole rings is 1. The molecule has 1 fully saturated rings. The molecule has 2 heterocycles. The molecule has 1 saturated heterocycles. The minimum atomic E-state index is 0.855. The average Bonchev–Trinajstić information content (AvgIpc) is 2.85. The Morgan fingerprint density at radius 1 is 1.60 bits per heavy atom. The van der Waals surface area contributed by atoms with E-state index >= 15 is 0 Å². The zero-order chi connectivity index (χ0) is 10.7. The van der Waals surface area contributed by atoms with Gasteiger partial charge in [-0.1, -0.05) is 6.58 Å². The predicted octanol–water partition coefficient (Wildman–Crippen LogP) is 2.32. The van der Waals surface area contributed by atoms with E-state index in [9.17, 15) is 0 Å². The molecule has 0 atom stereocenters. The van der Waals surface area contributed by atoms with E-state index in [4.69, 9.17) is 0 Å². The highest BCUT2D eigenvalue weighted by Crippen LogP contribution is 2.24. The van der Waals surface area contributed by atoms with Crippen LogP contribution in [0, 0.1) is 0 Å². The van der Waals surface area contributed by atoms with Crippen molar-refractivity contribution < 1.29 is 0 Å². The second-order valence-corrected chi connectivity index (χ2v) is 4.75. The van der Waals surface area contributed by atoms with Crippen molar-refractivity contribution >= 4 is 16.5 Å². The van der Waals surface area contributed by atoms with E-state index in [-0.39, 0.29) is 0 Å². The normalized spacial score (nSPS) is 15.7. The van der Waals surface area contributed by atoms with Gasteiger partial charge in [-0.3, -0.25) is 0 Å². The lowest BCUT2D eigenvalue weighted by atomic mass is 10.4. The maximum Gasteiger partial charge on any atom is 0.185 e. The van der Waals surface area contributed by atoms with Gasteiger partial charge < -0.3 is 9.80 Å². The zero-order valence-electron chi connectivity index (χ0n) is 9.15. The third kappa shape index (κ3) is 2.50. The number of hydrogen-bond acceptors (Lipinski definition) is 4. The van der Waals surface area contributed by atoms with Gasteiger partial charge in [0.2, 0.25) is 0 Å². The Balaban J connectivity index is 1.99. The van der Waals surface area contributed by atoms with Crippen molar-refractivity contribution in [1.82, 2.24) is 9.88 Å². The van der Waals surface area contributed by atoms with Crippen molar-refractivity contribution in [3.8, 4) is 0 Å². The highest BCUT2D eigenvalue weighted by atomic mass is 32.1. The van der Waals surface area contributed by atoms with Crippen LogP contribution < -0.4 is 4.90 Å². The first kappa shape index (κ1) is 10.5. The van der Waals surface area contributed by atoms with E-state index in [1.54, 1.807) is 11.3 Å². The Kier molecular flexibility index (Phi) is 3.26. The van der Waals surface area contributed by atoms with Crippen LogP contribution in [0.2, 0.25) is 0 Å². The summed E-state index contributed by atoms with van der Waals surface area (Å²) in [7, 11) is 2.02. The van der Waals surface area contributed by atoms with E-state index in [1.165, 1.54) is 31.1 Å². The minimum Gasteiger partial charge on any atom is -0.375 e. The topological polar surface area (TPSA) is 19.4 Å². The zero-order valence-corrected chi connectivity index (χ0v) is 9.96. The highest BCUT2D eigenvalue weighted by molar-refractivity contribution is 7.13. The molecule has 0 bridgehead atoms. The molecule has 0 N–H and O–H groups in total. The average molecular weight is 223 g/mol. The molecule has 1 aromatic rings. The summed E-state index contributed by atoms with van der Waals surface area (Å²) < 4.78 is 0. The van der Waals surface area contributed by atoms with Crippen LogP contribution in [0.3, 0.4) is 0 Å². The van der Waals surface area contributed by atoms with Gasteiger partial charge in [-0.25, -0.2) is 4.98 Å². The highest BCUT2D eigenvalue weighted by Gasteiger charge is 2.15. The van der Waals surface area contributed by atoms with E-state index in [1.807, 2.05) is 18.1 Å². The molecule has 0 spiro atoms. The fourth-order valence-electron chi connectivity index (χ4n) is 1.74. The Bertz CT molecular complexity index is 328. The Hall–Kier alpha value is -1.03. The maximum atomic E-state index is 4.64. The van der Waals surface area contributed by atoms with E-state index in [2.05, 4.69) is 21.8 Å². The molecular weight excluding hydrogens is 206 g/mol. The van der Waals surface area contributed by atoms with Gasteiger partial charge >= 0.3 is 0 Å². The monoisotopic (exact) mass is 223 g/mol. The summed E-state index contributed by atoms with van der Waals surface area (Å²) in [5.41, 5.74) is 1.14. The molecule has 1 aliphatic rings.